The second-order valence-corrected chi connectivity index (χ2v) is 15.5. The number of allylic oxidation sites excluding steroid dienone is 13. The molecule has 9 heteroatoms. The molecule has 0 aliphatic carbocycles. The monoisotopic (exact) mass is 814 g/mol. The molecule has 0 radical (unpaired) electrons. The second kappa shape index (κ2) is 38.6. The van der Waals surface area contributed by atoms with Crippen LogP contribution in [0, 0.1) is 0 Å². The van der Waals surface area contributed by atoms with Gasteiger partial charge in [0, 0.05) is 6.42 Å². The Morgan fingerprint density at radius 2 is 1.07 bits per heavy atom. The van der Waals surface area contributed by atoms with Crippen molar-refractivity contribution in [3.05, 3.63) is 85.1 Å². The molecule has 1 amide bonds. The first-order valence-electron chi connectivity index (χ1n) is 22.8. The van der Waals surface area contributed by atoms with Crippen LogP contribution in [0.2, 0.25) is 0 Å². The first-order valence-corrected chi connectivity index (χ1v) is 22.8. The summed E-state index contributed by atoms with van der Waals surface area (Å²) in [5.74, 6) is -0.263. The minimum absolute atomic E-state index is 0.216. The molecule has 9 nitrogen and oxygen atoms in total. The van der Waals surface area contributed by atoms with Gasteiger partial charge in [-0.2, -0.15) is 0 Å². The van der Waals surface area contributed by atoms with Crippen LogP contribution in [-0.4, -0.2) is 87.5 Å². The molecule has 58 heavy (non-hydrogen) atoms. The smallest absolute Gasteiger partial charge is 0.220 e. The molecule has 0 aromatic heterocycles. The molecule has 7 atom stereocenters. The number of carbonyl (C=O) groups is 1. The van der Waals surface area contributed by atoms with Gasteiger partial charge in [-0.05, 0) is 57.8 Å². The number of aliphatic hydroxyl groups is 5. The van der Waals surface area contributed by atoms with E-state index in [4.69, 9.17) is 9.47 Å². The number of carbonyl (C=O) groups excluding carboxylic acids is 1. The van der Waals surface area contributed by atoms with E-state index in [1.54, 1.807) is 6.08 Å². The first kappa shape index (κ1) is 53.4. The highest BCUT2D eigenvalue weighted by molar-refractivity contribution is 5.76. The summed E-state index contributed by atoms with van der Waals surface area (Å²) in [6, 6.07) is -0.849. The van der Waals surface area contributed by atoms with Crippen LogP contribution in [0.4, 0.5) is 0 Å². The zero-order valence-electron chi connectivity index (χ0n) is 36.3. The van der Waals surface area contributed by atoms with Gasteiger partial charge >= 0.3 is 0 Å². The van der Waals surface area contributed by atoms with Crippen molar-refractivity contribution in [3.63, 3.8) is 0 Å². The van der Waals surface area contributed by atoms with Gasteiger partial charge in [-0.25, -0.2) is 0 Å². The Morgan fingerprint density at radius 3 is 1.55 bits per heavy atom. The van der Waals surface area contributed by atoms with Crippen molar-refractivity contribution >= 4 is 5.91 Å². The van der Waals surface area contributed by atoms with Crippen molar-refractivity contribution in [2.24, 2.45) is 0 Å². The summed E-state index contributed by atoms with van der Waals surface area (Å²) < 4.78 is 11.2. The van der Waals surface area contributed by atoms with Gasteiger partial charge in [-0.3, -0.25) is 4.79 Å². The van der Waals surface area contributed by atoms with E-state index in [1.165, 1.54) is 77.0 Å². The maximum Gasteiger partial charge on any atom is 0.220 e. The van der Waals surface area contributed by atoms with Crippen LogP contribution in [0.5, 0.6) is 0 Å². The molecular weight excluding hydrogens is 731 g/mol. The normalized spacial score (nSPS) is 21.7. The van der Waals surface area contributed by atoms with Crippen LogP contribution in [0.3, 0.4) is 0 Å². The quantitative estimate of drug-likeness (QED) is 0.0271. The van der Waals surface area contributed by atoms with E-state index in [2.05, 4.69) is 79.9 Å². The van der Waals surface area contributed by atoms with E-state index >= 15 is 0 Å². The number of amides is 1. The summed E-state index contributed by atoms with van der Waals surface area (Å²) >= 11 is 0. The van der Waals surface area contributed by atoms with Crippen molar-refractivity contribution in [2.45, 2.75) is 204 Å². The molecule has 0 aromatic rings. The molecule has 1 aliphatic rings. The minimum Gasteiger partial charge on any atom is -0.394 e. The molecule has 0 aromatic carbocycles. The second-order valence-electron chi connectivity index (χ2n) is 15.5. The van der Waals surface area contributed by atoms with E-state index in [9.17, 15) is 30.3 Å². The van der Waals surface area contributed by atoms with Gasteiger partial charge in [0.25, 0.3) is 0 Å². The van der Waals surface area contributed by atoms with E-state index < -0.39 is 49.5 Å². The number of aliphatic hydroxyl groups excluding tert-OH is 5. The first-order chi connectivity index (χ1) is 28.3. The van der Waals surface area contributed by atoms with Crippen molar-refractivity contribution in [3.8, 4) is 0 Å². The number of unbranched alkanes of at least 4 members (excludes halogenated alkanes) is 14. The highest BCUT2D eigenvalue weighted by atomic mass is 16.7. The lowest BCUT2D eigenvalue weighted by molar-refractivity contribution is -0.302. The molecule has 332 valence electrons. The molecule has 1 heterocycles. The molecule has 7 unspecified atom stereocenters. The Hall–Kier alpha value is -2.63. The van der Waals surface area contributed by atoms with Gasteiger partial charge in [-0.1, -0.05) is 182 Å². The number of nitrogens with one attached hydrogen (secondary N) is 1. The third kappa shape index (κ3) is 28.7. The molecule has 0 spiro atoms. The lowest BCUT2D eigenvalue weighted by Gasteiger charge is -2.40. The maximum atomic E-state index is 12.9. The van der Waals surface area contributed by atoms with Crippen LogP contribution in [0.15, 0.2) is 85.1 Å². The van der Waals surface area contributed by atoms with Crippen molar-refractivity contribution < 1.29 is 39.8 Å². The lowest BCUT2D eigenvalue weighted by atomic mass is 9.99. The summed E-state index contributed by atoms with van der Waals surface area (Å²) in [4.78, 5) is 12.9. The van der Waals surface area contributed by atoms with Crippen LogP contribution in [0.1, 0.15) is 162 Å². The standard InChI is InChI=1S/C49H83NO8/c1-3-5-7-9-11-13-15-17-19-21-22-23-25-27-29-31-33-35-37-39-45(53)50-42(41-57-49-48(56)47(55)46(54)44(40-51)58-49)43(52)38-36-34-32-30-28-26-24-20-18-16-14-12-10-8-6-4-2/h5,7,11,13,17,19,22-23,27,29,33,35-36,38,42-44,46-49,51-52,54-56H,3-4,6,8-10,12,14-16,18,20-21,24-26,28,30-32,34,37,39-41H2,1-2H3,(H,50,53)/b7-5-,13-11-,19-17-,23-22-,29-27-,35-33-,38-36+. The molecule has 1 fully saturated rings. The third-order valence-electron chi connectivity index (χ3n) is 10.2. The molecule has 6 N–H and O–H groups in total. The Labute approximate surface area is 352 Å². The van der Waals surface area contributed by atoms with Crippen LogP contribution in [-0.2, 0) is 14.3 Å². The van der Waals surface area contributed by atoms with E-state index in [0.717, 1.165) is 57.8 Å². The summed E-state index contributed by atoms with van der Waals surface area (Å²) in [5, 5.41) is 54.1. The van der Waals surface area contributed by atoms with Gasteiger partial charge < -0.3 is 40.3 Å². The van der Waals surface area contributed by atoms with Gasteiger partial charge in [-0.15, -0.1) is 0 Å². The van der Waals surface area contributed by atoms with Gasteiger partial charge in [0.05, 0.1) is 25.4 Å². The Morgan fingerprint density at radius 1 is 0.603 bits per heavy atom. The van der Waals surface area contributed by atoms with Crippen molar-refractivity contribution in [2.75, 3.05) is 13.2 Å². The molecule has 1 saturated heterocycles. The summed E-state index contributed by atoms with van der Waals surface area (Å²) in [7, 11) is 0. The van der Waals surface area contributed by atoms with Crippen molar-refractivity contribution in [1.29, 1.82) is 0 Å². The average molecular weight is 814 g/mol. The predicted molar refractivity (Wildman–Crippen MR) is 239 cm³/mol. The highest BCUT2D eigenvalue weighted by Crippen LogP contribution is 2.22. The van der Waals surface area contributed by atoms with Crippen LogP contribution < -0.4 is 5.32 Å². The fourth-order valence-electron chi connectivity index (χ4n) is 6.59. The Balaban J connectivity index is 2.44. The van der Waals surface area contributed by atoms with Gasteiger partial charge in [0.1, 0.15) is 24.4 Å². The predicted octanol–water partition coefficient (Wildman–Crippen LogP) is 9.55. The van der Waals surface area contributed by atoms with Gasteiger partial charge in [0.2, 0.25) is 5.91 Å². The summed E-state index contributed by atoms with van der Waals surface area (Å²) in [5.41, 5.74) is 0. The third-order valence-corrected chi connectivity index (χ3v) is 10.2. The van der Waals surface area contributed by atoms with Crippen molar-refractivity contribution in [1.82, 2.24) is 5.32 Å². The summed E-state index contributed by atoms with van der Waals surface area (Å²) in [6.45, 7) is 3.60. The fraction of sp³-hybridized carbons (Fsp3) is 0.694. The molecule has 1 rings (SSSR count). The highest BCUT2D eigenvalue weighted by Gasteiger charge is 2.44. The number of rotatable bonds is 36. The van der Waals surface area contributed by atoms with E-state index in [1.807, 2.05) is 18.2 Å². The lowest BCUT2D eigenvalue weighted by Crippen LogP contribution is -2.60. The maximum absolute atomic E-state index is 12.9. The average Bonchev–Trinajstić information content (AvgIpc) is 3.22. The molecule has 1 aliphatic heterocycles. The van der Waals surface area contributed by atoms with Gasteiger partial charge in [0.15, 0.2) is 6.29 Å². The number of hydrogen-bond donors (Lipinski definition) is 6. The zero-order valence-corrected chi connectivity index (χ0v) is 36.3. The Bertz CT molecular complexity index is 1180. The zero-order chi connectivity index (χ0) is 42.3. The fourth-order valence-corrected chi connectivity index (χ4v) is 6.59. The SMILES string of the molecule is CC/C=C\C/C=C\C/C=C\C/C=C\C/C=C\C/C=C\CCC(=O)NC(COC1OC(CO)C(O)C(O)C1O)C(O)/C=C/CCCCCCCCCCCCCCCC. The molecular formula is C49H83NO8. The van der Waals surface area contributed by atoms with E-state index in [0.29, 0.717) is 6.42 Å². The number of hydrogen-bond acceptors (Lipinski definition) is 8. The topological polar surface area (TPSA) is 149 Å². The molecule has 0 bridgehead atoms. The molecule has 0 saturated carbocycles. The summed E-state index contributed by atoms with van der Waals surface area (Å²) in [6.07, 6.45) is 46.3. The number of ether oxygens (including phenoxy) is 2. The largest absolute Gasteiger partial charge is 0.394 e. The van der Waals surface area contributed by atoms with Crippen LogP contribution >= 0.6 is 0 Å². The minimum atomic E-state index is -1.58. The van der Waals surface area contributed by atoms with Crippen LogP contribution in [0.25, 0.3) is 0 Å². The Kier molecular flexibility index (Phi) is 35.5. The van der Waals surface area contributed by atoms with E-state index in [-0.39, 0.29) is 18.9 Å².